The van der Waals surface area contributed by atoms with E-state index in [-0.39, 0.29) is 12.5 Å². The van der Waals surface area contributed by atoms with Crippen LogP contribution in [-0.2, 0) is 9.59 Å². The number of carboxylic acid groups (broad SMARTS) is 1. The van der Waals surface area contributed by atoms with E-state index in [4.69, 9.17) is 5.11 Å². The number of carbonyl (C=O) groups is 3. The first-order valence-electron chi connectivity index (χ1n) is 6.41. The molecule has 0 aromatic carbocycles. The van der Waals surface area contributed by atoms with Gasteiger partial charge in [0.05, 0.1) is 12.0 Å². The Labute approximate surface area is 112 Å². The third kappa shape index (κ3) is 4.51. The molecule has 3 N–H and O–H groups in total. The van der Waals surface area contributed by atoms with Crippen molar-refractivity contribution in [3.63, 3.8) is 0 Å². The minimum atomic E-state index is -0.793. The van der Waals surface area contributed by atoms with E-state index in [0.717, 1.165) is 0 Å². The van der Waals surface area contributed by atoms with Crippen LogP contribution in [0.1, 0.15) is 26.7 Å². The molecule has 0 spiro atoms. The lowest BCUT2D eigenvalue weighted by atomic mass is 9.80. The van der Waals surface area contributed by atoms with Crippen molar-refractivity contribution in [3.8, 4) is 0 Å². The molecule has 1 heterocycles. The van der Waals surface area contributed by atoms with Gasteiger partial charge >= 0.3 is 12.0 Å². The highest BCUT2D eigenvalue weighted by molar-refractivity contribution is 5.95. The van der Waals surface area contributed by atoms with Gasteiger partial charge < -0.3 is 10.4 Å². The molecule has 0 saturated carbocycles. The molecular formula is C12H21N3O4. The molecule has 108 valence electrons. The largest absolute Gasteiger partial charge is 0.481 e. The summed E-state index contributed by atoms with van der Waals surface area (Å²) in [7, 11) is 0. The van der Waals surface area contributed by atoms with Crippen molar-refractivity contribution in [1.29, 1.82) is 0 Å². The third-order valence-corrected chi connectivity index (χ3v) is 3.43. The van der Waals surface area contributed by atoms with Gasteiger partial charge in [0.1, 0.15) is 0 Å². The SMILES string of the molecule is CCNC(=O)NC(=O)CN1CCC(C)(C(=O)O)CC1. The van der Waals surface area contributed by atoms with E-state index in [0.29, 0.717) is 32.5 Å². The third-order valence-electron chi connectivity index (χ3n) is 3.43. The standard InChI is InChI=1S/C12H21N3O4/c1-3-13-11(19)14-9(16)8-15-6-4-12(2,5-7-15)10(17)18/h3-8H2,1-2H3,(H,17,18)(H2,13,14,16,19). The summed E-state index contributed by atoms with van der Waals surface area (Å²) in [6.07, 6.45) is 1.02. The topological polar surface area (TPSA) is 98.7 Å². The van der Waals surface area contributed by atoms with Crippen LogP contribution in [0.2, 0.25) is 0 Å². The molecule has 0 aliphatic carbocycles. The fourth-order valence-electron chi connectivity index (χ4n) is 1.99. The van der Waals surface area contributed by atoms with Gasteiger partial charge in [-0.2, -0.15) is 0 Å². The lowest BCUT2D eigenvalue weighted by Gasteiger charge is -2.35. The maximum absolute atomic E-state index is 11.6. The van der Waals surface area contributed by atoms with Crippen LogP contribution in [0.4, 0.5) is 4.79 Å². The first kappa shape index (κ1) is 15.4. The predicted octanol–water partition coefficient (Wildman–Crippen LogP) is 0.0188. The Kier molecular flexibility index (Phi) is 5.29. The summed E-state index contributed by atoms with van der Waals surface area (Å²) < 4.78 is 0. The summed E-state index contributed by atoms with van der Waals surface area (Å²) in [6, 6.07) is -0.500. The summed E-state index contributed by atoms with van der Waals surface area (Å²) in [5, 5.41) is 13.8. The molecule has 7 nitrogen and oxygen atoms in total. The van der Waals surface area contributed by atoms with Crippen molar-refractivity contribution in [2.75, 3.05) is 26.2 Å². The van der Waals surface area contributed by atoms with Crippen LogP contribution < -0.4 is 10.6 Å². The van der Waals surface area contributed by atoms with E-state index in [1.165, 1.54) is 0 Å². The zero-order chi connectivity index (χ0) is 14.5. The fourth-order valence-corrected chi connectivity index (χ4v) is 1.99. The first-order chi connectivity index (χ1) is 8.87. The number of amides is 3. The highest BCUT2D eigenvalue weighted by Crippen LogP contribution is 2.30. The second-order valence-corrected chi connectivity index (χ2v) is 5.05. The Morgan fingerprint density at radius 2 is 1.84 bits per heavy atom. The lowest BCUT2D eigenvalue weighted by Crippen LogP contribution is -2.48. The van der Waals surface area contributed by atoms with Crippen LogP contribution >= 0.6 is 0 Å². The number of hydrogen-bond donors (Lipinski definition) is 3. The molecule has 1 fully saturated rings. The van der Waals surface area contributed by atoms with Gasteiger partial charge in [-0.05, 0) is 39.8 Å². The fraction of sp³-hybridized carbons (Fsp3) is 0.750. The molecule has 3 amide bonds. The minimum Gasteiger partial charge on any atom is -0.481 e. The Bertz CT molecular complexity index is 362. The molecule has 0 unspecified atom stereocenters. The van der Waals surface area contributed by atoms with Gasteiger partial charge in [0.25, 0.3) is 0 Å². The number of nitrogens with one attached hydrogen (secondary N) is 2. The van der Waals surface area contributed by atoms with Crippen molar-refractivity contribution in [3.05, 3.63) is 0 Å². The molecule has 1 saturated heterocycles. The summed E-state index contributed by atoms with van der Waals surface area (Å²) in [5.74, 6) is -1.16. The van der Waals surface area contributed by atoms with Crippen molar-refractivity contribution in [1.82, 2.24) is 15.5 Å². The van der Waals surface area contributed by atoms with Gasteiger partial charge in [-0.3, -0.25) is 19.8 Å². The Morgan fingerprint density at radius 3 is 2.32 bits per heavy atom. The quantitative estimate of drug-likeness (QED) is 0.669. The minimum absolute atomic E-state index is 0.118. The van der Waals surface area contributed by atoms with Crippen molar-refractivity contribution in [2.24, 2.45) is 5.41 Å². The van der Waals surface area contributed by atoms with Gasteiger partial charge in [-0.25, -0.2) is 4.79 Å². The second-order valence-electron chi connectivity index (χ2n) is 5.05. The molecule has 1 aliphatic rings. The number of carbonyl (C=O) groups excluding carboxylic acids is 2. The van der Waals surface area contributed by atoms with E-state index in [1.807, 2.05) is 4.90 Å². The number of nitrogens with zero attached hydrogens (tertiary/aromatic N) is 1. The van der Waals surface area contributed by atoms with Gasteiger partial charge in [-0.1, -0.05) is 0 Å². The molecule has 0 aromatic heterocycles. The number of carboxylic acids is 1. The molecule has 1 aliphatic heterocycles. The Balaban J connectivity index is 2.35. The van der Waals surface area contributed by atoms with Crippen molar-refractivity contribution >= 4 is 17.9 Å². The van der Waals surface area contributed by atoms with E-state index in [2.05, 4.69) is 10.6 Å². The second kappa shape index (κ2) is 6.51. The van der Waals surface area contributed by atoms with Gasteiger partial charge in [0.15, 0.2) is 0 Å². The highest BCUT2D eigenvalue weighted by Gasteiger charge is 2.37. The molecule has 0 atom stereocenters. The van der Waals surface area contributed by atoms with E-state index >= 15 is 0 Å². The summed E-state index contributed by atoms with van der Waals surface area (Å²) >= 11 is 0. The van der Waals surface area contributed by atoms with Crippen LogP contribution in [0.15, 0.2) is 0 Å². The van der Waals surface area contributed by atoms with Crippen LogP contribution in [0.25, 0.3) is 0 Å². The maximum atomic E-state index is 11.6. The van der Waals surface area contributed by atoms with E-state index in [1.54, 1.807) is 13.8 Å². The summed E-state index contributed by atoms with van der Waals surface area (Å²) in [6.45, 7) is 5.16. The number of urea groups is 1. The number of imide groups is 1. The predicted molar refractivity (Wildman–Crippen MR) is 68.6 cm³/mol. The van der Waals surface area contributed by atoms with Crippen molar-refractivity contribution < 1.29 is 19.5 Å². The summed E-state index contributed by atoms with van der Waals surface area (Å²) in [5.41, 5.74) is -0.702. The number of aliphatic carboxylic acids is 1. The zero-order valence-corrected chi connectivity index (χ0v) is 11.4. The van der Waals surface area contributed by atoms with Gasteiger partial charge in [-0.15, -0.1) is 0 Å². The smallest absolute Gasteiger partial charge is 0.321 e. The zero-order valence-electron chi connectivity index (χ0n) is 11.4. The molecule has 0 bridgehead atoms. The van der Waals surface area contributed by atoms with Crippen LogP contribution in [-0.4, -0.2) is 54.1 Å². The maximum Gasteiger partial charge on any atom is 0.321 e. The Hall–Kier alpha value is -1.63. The average Bonchev–Trinajstić information content (AvgIpc) is 2.32. The number of rotatable bonds is 4. The van der Waals surface area contributed by atoms with Crippen LogP contribution in [0, 0.1) is 5.41 Å². The van der Waals surface area contributed by atoms with E-state index in [9.17, 15) is 14.4 Å². The van der Waals surface area contributed by atoms with Crippen LogP contribution in [0.3, 0.4) is 0 Å². The average molecular weight is 271 g/mol. The number of hydrogen-bond acceptors (Lipinski definition) is 4. The van der Waals surface area contributed by atoms with Crippen molar-refractivity contribution in [2.45, 2.75) is 26.7 Å². The lowest BCUT2D eigenvalue weighted by molar-refractivity contribution is -0.150. The van der Waals surface area contributed by atoms with E-state index < -0.39 is 17.4 Å². The summed E-state index contributed by atoms with van der Waals surface area (Å²) in [4.78, 5) is 35.6. The van der Waals surface area contributed by atoms with Gasteiger partial charge in [0.2, 0.25) is 5.91 Å². The molecule has 19 heavy (non-hydrogen) atoms. The molecule has 0 radical (unpaired) electrons. The molecule has 1 rings (SSSR count). The molecule has 7 heteroatoms. The molecular weight excluding hydrogens is 250 g/mol. The normalized spacial score (nSPS) is 18.6. The van der Waals surface area contributed by atoms with Gasteiger partial charge in [0, 0.05) is 6.54 Å². The monoisotopic (exact) mass is 271 g/mol. The highest BCUT2D eigenvalue weighted by atomic mass is 16.4. The number of likely N-dealkylation sites (tertiary alicyclic amines) is 1. The Morgan fingerprint density at radius 1 is 1.26 bits per heavy atom. The number of piperidine rings is 1. The first-order valence-corrected chi connectivity index (χ1v) is 6.41. The molecule has 0 aromatic rings. The van der Waals surface area contributed by atoms with Crippen LogP contribution in [0.5, 0.6) is 0 Å².